The highest BCUT2D eigenvalue weighted by atomic mass is 19.3. The maximum atomic E-state index is 12.1. The Morgan fingerprint density at radius 3 is 2.50 bits per heavy atom. The van der Waals surface area contributed by atoms with E-state index >= 15 is 0 Å². The lowest BCUT2D eigenvalue weighted by Crippen LogP contribution is -2.21. The van der Waals surface area contributed by atoms with Crippen LogP contribution in [0.1, 0.15) is 22.5 Å². The van der Waals surface area contributed by atoms with Crippen molar-refractivity contribution < 1.29 is 18.7 Å². The number of aromatic carboxylic acids is 1. The van der Waals surface area contributed by atoms with E-state index in [2.05, 4.69) is 0 Å². The first kappa shape index (κ1) is 10.2. The van der Waals surface area contributed by atoms with E-state index < -0.39 is 34.9 Å². The zero-order valence-electron chi connectivity index (χ0n) is 6.75. The van der Waals surface area contributed by atoms with E-state index in [9.17, 15) is 18.4 Å². The fourth-order valence-electron chi connectivity index (χ4n) is 0.939. The summed E-state index contributed by atoms with van der Waals surface area (Å²) >= 11 is 0. The van der Waals surface area contributed by atoms with Gasteiger partial charge in [0.25, 0.3) is 12.0 Å². The molecule has 76 valence electrons. The van der Waals surface area contributed by atoms with Gasteiger partial charge in [-0.1, -0.05) is 0 Å². The van der Waals surface area contributed by atoms with Crippen molar-refractivity contribution in [3.05, 3.63) is 27.7 Å². The van der Waals surface area contributed by atoms with Crippen LogP contribution < -0.4 is 11.3 Å². The number of aromatic amines is 1. The van der Waals surface area contributed by atoms with Gasteiger partial charge in [0.15, 0.2) is 0 Å². The molecular formula is C7H6F2N2O3. The third kappa shape index (κ3) is 1.70. The highest BCUT2D eigenvalue weighted by molar-refractivity contribution is 5.93. The van der Waals surface area contributed by atoms with Crippen molar-refractivity contribution in [3.63, 3.8) is 0 Å². The minimum Gasteiger partial charge on any atom is -0.477 e. The number of hydrogen-bond acceptors (Lipinski definition) is 3. The SMILES string of the molecule is Nc1cc(C(F)F)[nH]c(=O)c1C(=O)O. The first-order valence-electron chi connectivity index (χ1n) is 3.47. The number of aromatic nitrogens is 1. The van der Waals surface area contributed by atoms with Crippen LogP contribution in [-0.4, -0.2) is 16.1 Å². The molecule has 7 heteroatoms. The number of alkyl halides is 2. The minimum absolute atomic E-state index is 0.475. The summed E-state index contributed by atoms with van der Waals surface area (Å²) in [5.74, 6) is -1.55. The molecule has 4 N–H and O–H groups in total. The molecule has 1 heterocycles. The Morgan fingerprint density at radius 1 is 1.57 bits per heavy atom. The van der Waals surface area contributed by atoms with Crippen molar-refractivity contribution in [3.8, 4) is 0 Å². The number of pyridine rings is 1. The van der Waals surface area contributed by atoms with Crippen molar-refractivity contribution in [2.45, 2.75) is 6.43 Å². The number of H-pyrrole nitrogens is 1. The summed E-state index contributed by atoms with van der Waals surface area (Å²) in [7, 11) is 0. The number of halogens is 2. The van der Waals surface area contributed by atoms with Gasteiger partial charge in [0.2, 0.25) is 0 Å². The van der Waals surface area contributed by atoms with Crippen LogP contribution in [0.25, 0.3) is 0 Å². The van der Waals surface area contributed by atoms with Crippen molar-refractivity contribution in [1.82, 2.24) is 4.98 Å². The van der Waals surface area contributed by atoms with Crippen LogP contribution in [-0.2, 0) is 0 Å². The lowest BCUT2D eigenvalue weighted by Gasteiger charge is -2.03. The van der Waals surface area contributed by atoms with E-state index in [0.717, 1.165) is 6.07 Å². The number of carboxylic acids is 1. The highest BCUT2D eigenvalue weighted by Gasteiger charge is 2.17. The van der Waals surface area contributed by atoms with Gasteiger partial charge in [0.05, 0.1) is 11.4 Å². The second kappa shape index (κ2) is 3.44. The molecule has 0 aliphatic heterocycles. The first-order valence-corrected chi connectivity index (χ1v) is 3.47. The molecule has 1 aromatic heterocycles. The number of nitrogen functional groups attached to an aromatic ring is 1. The highest BCUT2D eigenvalue weighted by Crippen LogP contribution is 2.18. The van der Waals surface area contributed by atoms with Crippen molar-refractivity contribution in [2.75, 3.05) is 5.73 Å². The van der Waals surface area contributed by atoms with E-state index in [4.69, 9.17) is 10.8 Å². The van der Waals surface area contributed by atoms with E-state index in [1.807, 2.05) is 0 Å². The monoisotopic (exact) mass is 204 g/mol. The molecule has 0 aromatic carbocycles. The maximum Gasteiger partial charge on any atom is 0.343 e. The van der Waals surface area contributed by atoms with E-state index in [0.29, 0.717) is 0 Å². The van der Waals surface area contributed by atoms with Gasteiger partial charge < -0.3 is 15.8 Å². The van der Waals surface area contributed by atoms with E-state index in [-0.39, 0.29) is 0 Å². The number of nitrogens with two attached hydrogens (primary N) is 1. The van der Waals surface area contributed by atoms with Crippen LogP contribution in [0.15, 0.2) is 10.9 Å². The second-order valence-electron chi connectivity index (χ2n) is 2.49. The molecule has 0 bridgehead atoms. The van der Waals surface area contributed by atoms with Crippen LogP contribution in [0.3, 0.4) is 0 Å². The average molecular weight is 204 g/mol. The van der Waals surface area contributed by atoms with Crippen molar-refractivity contribution in [2.24, 2.45) is 0 Å². The first-order chi connectivity index (χ1) is 6.43. The van der Waals surface area contributed by atoms with Gasteiger partial charge in [-0.3, -0.25) is 4.79 Å². The van der Waals surface area contributed by atoms with Gasteiger partial charge in [-0.25, -0.2) is 13.6 Å². The van der Waals surface area contributed by atoms with Gasteiger partial charge >= 0.3 is 5.97 Å². The van der Waals surface area contributed by atoms with E-state index in [1.54, 1.807) is 4.98 Å². The summed E-state index contributed by atoms with van der Waals surface area (Å²) in [5, 5.41) is 8.49. The third-order valence-electron chi connectivity index (χ3n) is 1.53. The molecule has 0 atom stereocenters. The van der Waals surface area contributed by atoms with Crippen LogP contribution >= 0.6 is 0 Å². The largest absolute Gasteiger partial charge is 0.477 e. The molecule has 0 aliphatic rings. The van der Waals surface area contributed by atoms with Gasteiger partial charge in [-0.05, 0) is 6.07 Å². The molecule has 0 saturated heterocycles. The van der Waals surface area contributed by atoms with Gasteiger partial charge in [-0.15, -0.1) is 0 Å². The smallest absolute Gasteiger partial charge is 0.343 e. The fourth-order valence-corrected chi connectivity index (χ4v) is 0.939. The Hall–Kier alpha value is -1.92. The maximum absolute atomic E-state index is 12.1. The average Bonchev–Trinajstić information content (AvgIpc) is 2.01. The Balaban J connectivity index is 3.40. The fraction of sp³-hybridized carbons (Fsp3) is 0.143. The Morgan fingerprint density at radius 2 is 2.14 bits per heavy atom. The van der Waals surface area contributed by atoms with Gasteiger partial charge in [0, 0.05) is 0 Å². The van der Waals surface area contributed by atoms with Crippen molar-refractivity contribution >= 4 is 11.7 Å². The lowest BCUT2D eigenvalue weighted by molar-refractivity contribution is 0.0695. The molecule has 0 unspecified atom stereocenters. The van der Waals surface area contributed by atoms with Gasteiger partial charge in [-0.2, -0.15) is 0 Å². The Labute approximate surface area is 76.2 Å². The Kier molecular flexibility index (Phi) is 2.50. The number of carbonyl (C=O) groups is 1. The quantitative estimate of drug-likeness (QED) is 0.656. The molecule has 0 saturated carbocycles. The molecule has 1 aromatic rings. The predicted molar refractivity (Wildman–Crippen MR) is 43.4 cm³/mol. The molecule has 0 spiro atoms. The second-order valence-corrected chi connectivity index (χ2v) is 2.49. The lowest BCUT2D eigenvalue weighted by atomic mass is 10.2. The summed E-state index contributed by atoms with van der Waals surface area (Å²) in [5.41, 5.74) is 2.10. The van der Waals surface area contributed by atoms with E-state index in [1.165, 1.54) is 0 Å². The normalized spacial score (nSPS) is 10.5. The number of carboxylic acid groups (broad SMARTS) is 1. The van der Waals surface area contributed by atoms with Crippen molar-refractivity contribution in [1.29, 1.82) is 0 Å². The van der Waals surface area contributed by atoms with Crippen LogP contribution in [0.2, 0.25) is 0 Å². The molecule has 14 heavy (non-hydrogen) atoms. The minimum atomic E-state index is -2.90. The molecule has 0 fully saturated rings. The number of nitrogens with one attached hydrogen (secondary N) is 1. The van der Waals surface area contributed by atoms with Crippen LogP contribution in [0.5, 0.6) is 0 Å². The number of rotatable bonds is 2. The summed E-state index contributed by atoms with van der Waals surface area (Å²) < 4.78 is 24.2. The zero-order chi connectivity index (χ0) is 10.9. The number of anilines is 1. The topological polar surface area (TPSA) is 96.2 Å². The summed E-state index contributed by atoms with van der Waals surface area (Å²) in [6, 6.07) is 0.732. The Bertz CT molecular complexity index is 427. The molecule has 0 amide bonds. The standard InChI is InChI=1S/C7H6F2N2O3/c8-5(9)3-1-2(10)4(7(13)14)6(12)11-3/h1,5H,(H,13,14)(H3,10,11,12). The molecule has 1 rings (SSSR count). The molecule has 0 aliphatic carbocycles. The molecule has 0 radical (unpaired) electrons. The molecular weight excluding hydrogens is 198 g/mol. The zero-order valence-corrected chi connectivity index (χ0v) is 6.75. The summed E-state index contributed by atoms with van der Waals surface area (Å²) in [4.78, 5) is 23.1. The third-order valence-corrected chi connectivity index (χ3v) is 1.53. The summed E-state index contributed by atoms with van der Waals surface area (Å²) in [6.45, 7) is 0. The summed E-state index contributed by atoms with van der Waals surface area (Å²) in [6.07, 6.45) is -2.90. The molecule has 5 nitrogen and oxygen atoms in total. The number of hydrogen-bond donors (Lipinski definition) is 3. The van der Waals surface area contributed by atoms with Crippen LogP contribution in [0.4, 0.5) is 14.5 Å². The predicted octanol–water partition coefficient (Wildman–Crippen LogP) is 0.593. The van der Waals surface area contributed by atoms with Crippen LogP contribution in [0, 0.1) is 0 Å². The van der Waals surface area contributed by atoms with Gasteiger partial charge in [0.1, 0.15) is 5.56 Å².